The number of hydrogen-bond acceptors (Lipinski definition) is 3. The molecule has 2 aliphatic rings. The third-order valence-electron chi connectivity index (χ3n) is 3.41. The molecule has 0 amide bonds. The normalized spacial score (nSPS) is 26.1. The van der Waals surface area contributed by atoms with Crippen LogP contribution in [0.1, 0.15) is 29.9 Å². The number of aryl methyl sites for hydroxylation is 1. The predicted molar refractivity (Wildman–Crippen MR) is 56.8 cm³/mol. The van der Waals surface area contributed by atoms with Crippen LogP contribution in [0.3, 0.4) is 0 Å². The van der Waals surface area contributed by atoms with E-state index in [4.69, 9.17) is 4.74 Å². The molecule has 82 valence electrons. The maximum absolute atomic E-state index is 5.23. The van der Waals surface area contributed by atoms with Crippen LogP contribution in [0.5, 0.6) is 0 Å². The Morgan fingerprint density at radius 1 is 1.47 bits per heavy atom. The van der Waals surface area contributed by atoms with E-state index in [1.165, 1.54) is 17.0 Å². The molecule has 1 saturated heterocycles. The van der Waals surface area contributed by atoms with Crippen molar-refractivity contribution in [3.05, 3.63) is 17.0 Å². The molecule has 0 saturated carbocycles. The summed E-state index contributed by atoms with van der Waals surface area (Å²) >= 11 is 0. The number of aromatic nitrogens is 2. The summed E-state index contributed by atoms with van der Waals surface area (Å²) < 4.78 is 7.40. The fourth-order valence-electron chi connectivity index (χ4n) is 2.40. The Hall–Kier alpha value is -0.870. The molecule has 0 aliphatic carbocycles. The van der Waals surface area contributed by atoms with Crippen LogP contribution in [0.4, 0.5) is 0 Å². The van der Waals surface area contributed by atoms with Gasteiger partial charge in [-0.05, 0) is 25.8 Å². The third-order valence-corrected chi connectivity index (χ3v) is 3.41. The average Bonchev–Trinajstić information content (AvgIpc) is 2.41. The Bertz CT molecular complexity index is 381. The van der Waals surface area contributed by atoms with Crippen LogP contribution in [0, 0.1) is 6.92 Å². The quantitative estimate of drug-likeness (QED) is 0.740. The Labute approximate surface area is 89.6 Å². The number of ether oxygens (including phenoxy) is 1. The average molecular weight is 207 g/mol. The number of nitrogens with zero attached hydrogens (tertiary/aromatic N) is 2. The van der Waals surface area contributed by atoms with E-state index in [1.54, 1.807) is 0 Å². The van der Waals surface area contributed by atoms with E-state index < -0.39 is 0 Å². The second-order valence-corrected chi connectivity index (χ2v) is 4.63. The van der Waals surface area contributed by atoms with E-state index in [2.05, 4.69) is 28.9 Å². The van der Waals surface area contributed by atoms with Crippen LogP contribution in [0.25, 0.3) is 0 Å². The van der Waals surface area contributed by atoms with E-state index in [-0.39, 0.29) is 0 Å². The van der Waals surface area contributed by atoms with Crippen molar-refractivity contribution in [1.29, 1.82) is 0 Å². The lowest BCUT2D eigenvalue weighted by Gasteiger charge is -2.29. The highest BCUT2D eigenvalue weighted by Gasteiger charge is 2.28. The number of fused-ring (bicyclic) bond motifs is 1. The smallest absolute Gasteiger partial charge is 0.0989 e. The van der Waals surface area contributed by atoms with Gasteiger partial charge in [0.2, 0.25) is 0 Å². The maximum atomic E-state index is 5.23. The number of hydrogen-bond donors (Lipinski definition) is 1. The first-order valence-electron chi connectivity index (χ1n) is 5.63. The molecule has 4 heteroatoms. The molecule has 15 heavy (non-hydrogen) atoms. The van der Waals surface area contributed by atoms with Crippen molar-refractivity contribution in [2.75, 3.05) is 13.2 Å². The Morgan fingerprint density at radius 2 is 2.27 bits per heavy atom. The Balaban J connectivity index is 1.99. The van der Waals surface area contributed by atoms with Crippen LogP contribution in [0.15, 0.2) is 0 Å². The summed E-state index contributed by atoms with van der Waals surface area (Å²) in [6, 6.07) is 1.05. The van der Waals surface area contributed by atoms with Gasteiger partial charge in [-0.2, -0.15) is 5.10 Å². The second kappa shape index (κ2) is 3.32. The van der Waals surface area contributed by atoms with Crippen LogP contribution >= 0.6 is 0 Å². The highest BCUT2D eigenvalue weighted by molar-refractivity contribution is 5.29. The van der Waals surface area contributed by atoms with Crippen LogP contribution in [0.2, 0.25) is 0 Å². The van der Waals surface area contributed by atoms with E-state index >= 15 is 0 Å². The summed E-state index contributed by atoms with van der Waals surface area (Å²) in [5, 5.41) is 8.14. The highest BCUT2D eigenvalue weighted by atomic mass is 16.5. The lowest BCUT2D eigenvalue weighted by Crippen LogP contribution is -2.37. The zero-order chi connectivity index (χ0) is 10.4. The molecule has 3 heterocycles. The van der Waals surface area contributed by atoms with Gasteiger partial charge in [-0.15, -0.1) is 0 Å². The highest BCUT2D eigenvalue weighted by Crippen LogP contribution is 2.26. The van der Waals surface area contributed by atoms with E-state index in [9.17, 15) is 0 Å². The largest absolute Gasteiger partial charge is 0.377 e. The van der Waals surface area contributed by atoms with Crippen molar-refractivity contribution < 1.29 is 4.74 Å². The first kappa shape index (κ1) is 9.36. The summed E-state index contributed by atoms with van der Waals surface area (Å²) in [7, 11) is 0. The van der Waals surface area contributed by atoms with Gasteiger partial charge in [0, 0.05) is 12.6 Å². The van der Waals surface area contributed by atoms with E-state index in [1.807, 2.05) is 0 Å². The second-order valence-electron chi connectivity index (χ2n) is 4.63. The fraction of sp³-hybridized carbons (Fsp3) is 0.727. The van der Waals surface area contributed by atoms with Crippen molar-refractivity contribution >= 4 is 0 Å². The van der Waals surface area contributed by atoms with Gasteiger partial charge in [0.15, 0.2) is 0 Å². The minimum atomic E-state index is 0.475. The summed E-state index contributed by atoms with van der Waals surface area (Å²) in [6.45, 7) is 6.94. The van der Waals surface area contributed by atoms with Gasteiger partial charge in [-0.3, -0.25) is 4.68 Å². The molecule has 1 aromatic heterocycles. The molecule has 0 spiro atoms. The summed E-state index contributed by atoms with van der Waals surface area (Å²) in [5.41, 5.74) is 4.03. The zero-order valence-corrected chi connectivity index (χ0v) is 9.29. The van der Waals surface area contributed by atoms with Gasteiger partial charge in [-0.25, -0.2) is 0 Å². The van der Waals surface area contributed by atoms with E-state index in [0.29, 0.717) is 12.1 Å². The van der Waals surface area contributed by atoms with E-state index in [0.717, 1.165) is 26.2 Å². The molecule has 1 unspecified atom stereocenters. The Morgan fingerprint density at radius 3 is 2.93 bits per heavy atom. The Kier molecular flexibility index (Phi) is 2.07. The minimum Gasteiger partial charge on any atom is -0.377 e. The lowest BCUT2D eigenvalue weighted by atomic mass is 10.0. The van der Waals surface area contributed by atoms with Gasteiger partial charge >= 0.3 is 0 Å². The molecular formula is C11H17N3O. The molecule has 1 atom stereocenters. The molecule has 0 bridgehead atoms. The van der Waals surface area contributed by atoms with Crippen LogP contribution in [-0.4, -0.2) is 29.0 Å². The molecular weight excluding hydrogens is 190 g/mol. The van der Waals surface area contributed by atoms with Crippen molar-refractivity contribution in [3.63, 3.8) is 0 Å². The fourth-order valence-corrected chi connectivity index (χ4v) is 2.40. The van der Waals surface area contributed by atoms with Gasteiger partial charge in [0.05, 0.1) is 30.6 Å². The van der Waals surface area contributed by atoms with Crippen molar-refractivity contribution in [1.82, 2.24) is 15.1 Å². The van der Waals surface area contributed by atoms with Crippen molar-refractivity contribution in [2.45, 2.75) is 38.9 Å². The topological polar surface area (TPSA) is 39.1 Å². The third kappa shape index (κ3) is 1.40. The predicted octanol–water partition coefficient (Wildman–Crippen LogP) is 0.797. The summed E-state index contributed by atoms with van der Waals surface area (Å²) in [4.78, 5) is 0. The van der Waals surface area contributed by atoms with Crippen molar-refractivity contribution in [3.8, 4) is 0 Å². The van der Waals surface area contributed by atoms with Gasteiger partial charge in [-0.1, -0.05) is 0 Å². The standard InChI is InChI=1S/C11H17N3O/c1-7-3-10-8(2)13-14(9-5-15-6-9)11(10)4-12-7/h7,9,12H,3-6H2,1-2H3. The molecule has 1 N–H and O–H groups in total. The molecule has 4 nitrogen and oxygen atoms in total. The summed E-state index contributed by atoms with van der Waals surface area (Å²) in [6.07, 6.45) is 1.11. The molecule has 1 fully saturated rings. The molecule has 0 radical (unpaired) electrons. The van der Waals surface area contributed by atoms with Crippen molar-refractivity contribution in [2.24, 2.45) is 0 Å². The molecule has 2 aliphatic heterocycles. The zero-order valence-electron chi connectivity index (χ0n) is 9.29. The first-order valence-corrected chi connectivity index (χ1v) is 5.63. The van der Waals surface area contributed by atoms with Gasteiger partial charge < -0.3 is 10.1 Å². The number of nitrogens with one attached hydrogen (secondary N) is 1. The minimum absolute atomic E-state index is 0.475. The molecule has 0 aromatic carbocycles. The van der Waals surface area contributed by atoms with Crippen LogP contribution < -0.4 is 5.32 Å². The molecule has 1 aromatic rings. The monoisotopic (exact) mass is 207 g/mol. The van der Waals surface area contributed by atoms with Gasteiger partial charge in [0.25, 0.3) is 0 Å². The SMILES string of the molecule is Cc1nn(C2COC2)c2c1CC(C)NC2. The lowest BCUT2D eigenvalue weighted by molar-refractivity contribution is -0.0302. The maximum Gasteiger partial charge on any atom is 0.0989 e. The summed E-state index contributed by atoms with van der Waals surface area (Å²) in [5.74, 6) is 0. The van der Waals surface area contributed by atoms with Gasteiger partial charge in [0.1, 0.15) is 0 Å². The first-order chi connectivity index (χ1) is 7.25. The number of rotatable bonds is 1. The van der Waals surface area contributed by atoms with Crippen LogP contribution in [-0.2, 0) is 17.7 Å². The molecule has 3 rings (SSSR count).